The molecule has 0 atom stereocenters. The third-order valence-corrected chi connectivity index (χ3v) is 11.6. The van der Waals surface area contributed by atoms with Crippen molar-refractivity contribution in [2.45, 2.75) is 56.0 Å². The molecular formula is C48H42N8O5. The fourth-order valence-electron chi connectivity index (χ4n) is 7.69. The molecule has 0 aliphatic heterocycles. The van der Waals surface area contributed by atoms with Gasteiger partial charge in [-0.15, -0.1) is 0 Å². The molecule has 0 spiro atoms. The largest absolute Gasteiger partial charge is 0.481 e. The van der Waals surface area contributed by atoms with Crippen molar-refractivity contribution in [1.82, 2.24) is 29.2 Å². The first-order valence-electron chi connectivity index (χ1n) is 20.2. The lowest BCUT2D eigenvalue weighted by Crippen LogP contribution is -2.33. The third kappa shape index (κ3) is 8.50. The fraction of sp³-hybridized carbons (Fsp3) is 0.188. The Balaban J connectivity index is 0.000000156. The number of carboxylic acids is 1. The monoisotopic (exact) mass is 810 g/mol. The van der Waals surface area contributed by atoms with Crippen molar-refractivity contribution < 1.29 is 24.6 Å². The molecule has 0 bridgehead atoms. The van der Waals surface area contributed by atoms with Crippen LogP contribution in [-0.2, 0) is 38.2 Å². The third-order valence-electron chi connectivity index (χ3n) is 11.6. The maximum absolute atomic E-state index is 12.4. The van der Waals surface area contributed by atoms with E-state index in [-0.39, 0.29) is 18.2 Å². The Morgan fingerprint density at radius 1 is 0.557 bits per heavy atom. The predicted octanol–water partition coefficient (Wildman–Crippen LogP) is 7.64. The summed E-state index contributed by atoms with van der Waals surface area (Å²) in [7, 11) is 0. The van der Waals surface area contributed by atoms with E-state index in [9.17, 15) is 24.6 Å². The Labute approximate surface area is 350 Å². The van der Waals surface area contributed by atoms with Crippen LogP contribution in [0.25, 0.3) is 33.5 Å². The van der Waals surface area contributed by atoms with E-state index in [1.165, 1.54) is 12.7 Å². The molecule has 4 heterocycles. The fourth-order valence-corrected chi connectivity index (χ4v) is 7.69. The van der Waals surface area contributed by atoms with Gasteiger partial charge in [0.05, 0.1) is 23.9 Å². The number of nitrogens with zero attached hydrogens (tertiary/aromatic N) is 6. The molecule has 0 radical (unpaired) electrons. The summed E-state index contributed by atoms with van der Waals surface area (Å²) in [5.41, 5.74) is 9.32. The molecule has 2 saturated carbocycles. The Morgan fingerprint density at radius 3 is 1.39 bits per heavy atom. The second kappa shape index (κ2) is 16.3. The molecule has 8 aromatic rings. The van der Waals surface area contributed by atoms with Crippen molar-refractivity contribution in [3.05, 3.63) is 169 Å². The van der Waals surface area contributed by atoms with Crippen molar-refractivity contribution in [3.8, 4) is 22.3 Å². The van der Waals surface area contributed by atoms with E-state index in [2.05, 4.69) is 30.8 Å². The molecule has 4 aromatic heterocycles. The quantitative estimate of drug-likeness (QED) is 0.102. The topological polar surface area (TPSA) is 176 Å². The number of carboxylic acid groups (broad SMARTS) is 1. The van der Waals surface area contributed by atoms with Gasteiger partial charge in [-0.05, 0) is 125 Å². The van der Waals surface area contributed by atoms with E-state index in [0.717, 1.165) is 80.8 Å². The number of hydrogen-bond donors (Lipinski definition) is 4. The highest BCUT2D eigenvalue weighted by Gasteiger charge is 2.51. The molecule has 13 nitrogen and oxygen atoms in total. The summed E-state index contributed by atoms with van der Waals surface area (Å²) in [6.07, 6.45) is 11.4. The zero-order chi connectivity index (χ0) is 42.0. The summed E-state index contributed by atoms with van der Waals surface area (Å²) in [6, 6.07) is 38.4. The normalized spacial score (nSPS) is 14.6. The van der Waals surface area contributed by atoms with Gasteiger partial charge in [-0.25, -0.2) is 19.0 Å². The number of benzene rings is 4. The number of aromatic nitrogens is 6. The Kier molecular flexibility index (Phi) is 10.4. The van der Waals surface area contributed by atoms with Crippen LogP contribution in [0.2, 0.25) is 0 Å². The molecule has 4 aromatic carbocycles. The maximum atomic E-state index is 12.4. The molecule has 0 unspecified atom stereocenters. The van der Waals surface area contributed by atoms with Gasteiger partial charge in [0.25, 0.3) is 0 Å². The second-order valence-corrected chi connectivity index (χ2v) is 15.7. The van der Waals surface area contributed by atoms with Crippen molar-refractivity contribution in [2.24, 2.45) is 0 Å². The van der Waals surface area contributed by atoms with Crippen molar-refractivity contribution in [3.63, 3.8) is 0 Å². The van der Waals surface area contributed by atoms with Gasteiger partial charge < -0.3 is 20.8 Å². The predicted molar refractivity (Wildman–Crippen MR) is 231 cm³/mol. The van der Waals surface area contributed by atoms with Gasteiger partial charge >= 0.3 is 5.97 Å². The molecular weight excluding hydrogens is 769 g/mol. The average Bonchev–Trinajstić information content (AvgIpc) is 3.71. The summed E-state index contributed by atoms with van der Waals surface area (Å²) in [4.78, 5) is 44.7. The van der Waals surface area contributed by atoms with Crippen molar-refractivity contribution in [1.29, 1.82) is 0 Å². The summed E-state index contributed by atoms with van der Waals surface area (Å²) in [5, 5.41) is 33.8. The van der Waals surface area contributed by atoms with Crippen LogP contribution in [0.15, 0.2) is 146 Å². The van der Waals surface area contributed by atoms with Gasteiger partial charge in [0, 0.05) is 23.8 Å². The number of rotatable bonds is 11. The van der Waals surface area contributed by atoms with E-state index in [4.69, 9.17) is 0 Å². The van der Waals surface area contributed by atoms with Gasteiger partial charge in [-0.2, -0.15) is 10.2 Å². The van der Waals surface area contributed by atoms with Gasteiger partial charge in [-0.3, -0.25) is 14.4 Å². The van der Waals surface area contributed by atoms with E-state index < -0.39 is 17.0 Å². The van der Waals surface area contributed by atoms with E-state index in [1.807, 2.05) is 109 Å². The van der Waals surface area contributed by atoms with Gasteiger partial charge in [0.2, 0.25) is 11.8 Å². The van der Waals surface area contributed by atoms with E-state index >= 15 is 0 Å². The van der Waals surface area contributed by atoms with Crippen LogP contribution in [-0.4, -0.2) is 57.2 Å². The van der Waals surface area contributed by atoms with Gasteiger partial charge in [-0.1, -0.05) is 72.8 Å². The minimum atomic E-state index is -0.783. The first-order chi connectivity index (χ1) is 29.6. The second-order valence-electron chi connectivity index (χ2n) is 15.7. The lowest BCUT2D eigenvalue weighted by atomic mass is 9.75. The number of carbonyl (C=O) groups excluding carboxylic acids is 2. The van der Waals surface area contributed by atoms with Crippen molar-refractivity contribution in [2.75, 3.05) is 10.6 Å². The number of aliphatic carboxylic acids is 1. The number of aliphatic hydroxyl groups is 1. The minimum Gasteiger partial charge on any atom is -0.481 e. The SMILES string of the molecule is O=C(Cc1ccc(-c2ccn3ncnc3c2)cc1)Nc1ccc(C2(C(=O)O)CC2)cc1.O=C(Cc1ccc(-c2ccn3ncnc3c2)cc1)Nc1ccc(C2(O)CCC2)cc1. The number of pyridine rings is 2. The zero-order valence-electron chi connectivity index (χ0n) is 33.1. The average molecular weight is 811 g/mol. The van der Waals surface area contributed by atoms with Gasteiger partial charge in [0.1, 0.15) is 12.7 Å². The maximum Gasteiger partial charge on any atom is 0.314 e. The lowest BCUT2D eigenvalue weighted by Gasteiger charge is -2.37. The Hall–Kier alpha value is -7.51. The standard InChI is InChI=1S/C24H20N4O3.C24H22N4O2/c29-22(27-20-7-5-19(6-8-20)24(10-11-24)23(30)31)13-16-1-3-17(4-2-16)18-9-12-28-21(14-18)25-15-26-28;29-23(27-21-8-6-20(7-9-21)24(30)11-1-12-24)14-17-2-4-18(5-3-17)19-10-13-28-22(15-19)25-16-26-28/h1-9,12,14-15H,10-11,13H2,(H,27,29)(H,30,31);2-10,13,15-16,30H,1,11-12,14H2,(H,27,29). The first kappa shape index (κ1) is 39.0. The summed E-state index contributed by atoms with van der Waals surface area (Å²) < 4.78 is 3.43. The smallest absolute Gasteiger partial charge is 0.314 e. The van der Waals surface area contributed by atoms with Crippen LogP contribution < -0.4 is 10.6 Å². The van der Waals surface area contributed by atoms with E-state index in [1.54, 1.807) is 33.3 Å². The summed E-state index contributed by atoms with van der Waals surface area (Å²) in [5.74, 6) is -0.971. The first-order valence-corrected chi connectivity index (χ1v) is 20.2. The number of anilines is 2. The van der Waals surface area contributed by atoms with Crippen LogP contribution in [0, 0.1) is 0 Å². The Morgan fingerprint density at radius 2 is 1.00 bits per heavy atom. The molecule has 2 fully saturated rings. The van der Waals surface area contributed by atoms with Crippen LogP contribution in [0.4, 0.5) is 11.4 Å². The number of nitrogens with one attached hydrogen (secondary N) is 2. The highest BCUT2D eigenvalue weighted by atomic mass is 16.4. The Bertz CT molecular complexity index is 2860. The molecule has 2 aliphatic rings. The van der Waals surface area contributed by atoms with Crippen LogP contribution in [0.3, 0.4) is 0 Å². The van der Waals surface area contributed by atoms with Crippen molar-refractivity contribution >= 4 is 40.5 Å². The molecule has 4 N–H and O–H groups in total. The van der Waals surface area contributed by atoms with Gasteiger partial charge in [0.15, 0.2) is 11.3 Å². The summed E-state index contributed by atoms with van der Waals surface area (Å²) >= 11 is 0. The van der Waals surface area contributed by atoms with Crippen LogP contribution in [0.5, 0.6) is 0 Å². The number of fused-ring (bicyclic) bond motifs is 2. The summed E-state index contributed by atoms with van der Waals surface area (Å²) in [6.45, 7) is 0. The molecule has 2 aliphatic carbocycles. The highest BCUT2D eigenvalue weighted by molar-refractivity contribution is 5.93. The van der Waals surface area contributed by atoms with Crippen LogP contribution >= 0.6 is 0 Å². The van der Waals surface area contributed by atoms with Crippen LogP contribution in [0.1, 0.15) is 54.4 Å². The molecule has 10 rings (SSSR count). The number of amides is 2. The number of carbonyl (C=O) groups is 3. The highest BCUT2D eigenvalue weighted by Crippen LogP contribution is 2.48. The molecule has 0 saturated heterocycles. The molecule has 2 amide bonds. The minimum absolute atomic E-state index is 0.0669. The zero-order valence-corrected chi connectivity index (χ0v) is 33.1. The van der Waals surface area contributed by atoms with E-state index in [0.29, 0.717) is 24.9 Å². The lowest BCUT2D eigenvalue weighted by molar-refractivity contribution is -0.140. The number of hydrogen-bond acceptors (Lipinski definition) is 8. The molecule has 304 valence electrons. The molecule has 13 heteroatoms. The molecule has 61 heavy (non-hydrogen) atoms.